The Kier molecular flexibility index (Phi) is 8.53. The Morgan fingerprint density at radius 3 is 1.59 bits per heavy atom. The van der Waals surface area contributed by atoms with Crippen LogP contribution >= 0.6 is 0 Å². The van der Waals surface area contributed by atoms with Crippen molar-refractivity contribution in [3.05, 3.63) is 84.4 Å². The van der Waals surface area contributed by atoms with Crippen LogP contribution in [0.1, 0.15) is 36.8 Å². The topological polar surface area (TPSA) is 76.5 Å². The van der Waals surface area contributed by atoms with Crippen molar-refractivity contribution >= 4 is 0 Å². The quantitative estimate of drug-likeness (QED) is 0.277. The highest BCUT2D eigenvalue weighted by Gasteiger charge is 2.37. The monoisotopic (exact) mass is 590 g/mol. The first-order valence-corrected chi connectivity index (χ1v) is 16.1. The van der Waals surface area contributed by atoms with Crippen LogP contribution in [0.15, 0.2) is 73.3 Å². The van der Waals surface area contributed by atoms with Crippen LogP contribution in [0.4, 0.5) is 0 Å². The molecule has 8 heteroatoms. The zero-order chi connectivity index (χ0) is 29.9. The zero-order valence-corrected chi connectivity index (χ0v) is 25.8. The van der Waals surface area contributed by atoms with Crippen LogP contribution in [0.2, 0.25) is 0 Å². The third kappa shape index (κ3) is 6.61. The van der Waals surface area contributed by atoms with E-state index in [2.05, 4.69) is 80.0 Å². The first-order chi connectivity index (χ1) is 21.6. The van der Waals surface area contributed by atoms with Crippen LogP contribution in [0.3, 0.4) is 0 Å². The van der Waals surface area contributed by atoms with E-state index >= 15 is 0 Å². The van der Waals surface area contributed by atoms with Gasteiger partial charge in [0.05, 0.1) is 0 Å². The molecule has 0 spiro atoms. The predicted octanol–water partition coefficient (Wildman–Crippen LogP) is 5.85. The number of hydrogen-bond acceptors (Lipinski definition) is 8. The molecule has 1 unspecified atom stereocenters. The minimum absolute atomic E-state index is 0.256. The Bertz CT molecular complexity index is 1530. The summed E-state index contributed by atoms with van der Waals surface area (Å²) in [5.74, 6) is 1.34. The summed E-state index contributed by atoms with van der Waals surface area (Å²) < 4.78 is 12.1. The molecule has 0 aliphatic carbocycles. The van der Waals surface area contributed by atoms with Crippen molar-refractivity contribution in [3.63, 3.8) is 0 Å². The molecule has 2 aromatic heterocycles. The lowest BCUT2D eigenvalue weighted by Crippen LogP contribution is -2.52. The smallest absolute Gasteiger partial charge is 0.316 e. The minimum Gasteiger partial charge on any atom is -0.458 e. The van der Waals surface area contributed by atoms with Crippen molar-refractivity contribution in [3.8, 4) is 34.3 Å². The maximum Gasteiger partial charge on any atom is 0.316 e. The van der Waals surface area contributed by atoms with Gasteiger partial charge in [-0.2, -0.15) is 0 Å². The second-order valence-corrected chi connectivity index (χ2v) is 12.8. The van der Waals surface area contributed by atoms with Gasteiger partial charge in [0, 0.05) is 49.0 Å². The van der Waals surface area contributed by atoms with Gasteiger partial charge in [0.25, 0.3) is 0 Å². The maximum absolute atomic E-state index is 6.05. The number of ether oxygens (including phenoxy) is 2. The molecule has 44 heavy (non-hydrogen) atoms. The highest BCUT2D eigenvalue weighted by molar-refractivity contribution is 5.65. The van der Waals surface area contributed by atoms with E-state index in [1.54, 1.807) is 0 Å². The average molecular weight is 591 g/mol. The van der Waals surface area contributed by atoms with Crippen molar-refractivity contribution in [2.24, 2.45) is 11.8 Å². The van der Waals surface area contributed by atoms with Gasteiger partial charge in [-0.05, 0) is 94.2 Å². The Labute approximate surface area is 260 Å². The summed E-state index contributed by atoms with van der Waals surface area (Å²) >= 11 is 0. The van der Waals surface area contributed by atoms with Gasteiger partial charge < -0.3 is 9.47 Å². The number of rotatable bonds is 6. The van der Waals surface area contributed by atoms with Gasteiger partial charge in [-0.3, -0.25) is 9.80 Å². The van der Waals surface area contributed by atoms with Crippen LogP contribution in [0.5, 0.6) is 12.0 Å². The van der Waals surface area contributed by atoms with E-state index in [1.807, 2.05) is 36.9 Å². The number of nitrogens with zero attached hydrogens (tertiary/aromatic N) is 6. The molecule has 2 aromatic carbocycles. The molecule has 228 valence electrons. The normalized spacial score (nSPS) is 26.9. The molecule has 6 saturated heterocycles. The maximum atomic E-state index is 6.05. The highest BCUT2D eigenvalue weighted by atomic mass is 16.5. The molecule has 6 aliphatic rings. The molecule has 8 heterocycles. The van der Waals surface area contributed by atoms with E-state index in [9.17, 15) is 0 Å². The van der Waals surface area contributed by atoms with E-state index in [4.69, 9.17) is 9.47 Å². The first kappa shape index (κ1) is 28.9. The fraction of sp³-hybridized carbons (Fsp3) is 0.444. The second kappa shape index (κ2) is 13.0. The summed E-state index contributed by atoms with van der Waals surface area (Å²) in [6, 6.07) is 17.7. The van der Waals surface area contributed by atoms with E-state index in [0.717, 1.165) is 29.8 Å². The second-order valence-electron chi connectivity index (χ2n) is 12.8. The van der Waals surface area contributed by atoms with E-state index in [-0.39, 0.29) is 12.2 Å². The lowest BCUT2D eigenvalue weighted by atomic mass is 9.86. The SMILES string of the molecule is Cc1cccc(-c2cnc(O[C@H]3CN4CCC3CC4)nc2)c1.Cc1ccccc1-c1cnc(OC2CN3CCC2CC3)nc1. The van der Waals surface area contributed by atoms with Crippen molar-refractivity contribution in [1.82, 2.24) is 29.7 Å². The standard InChI is InChI=1S/2C18H21N3O/c1-13-3-2-4-15(9-13)16-10-19-18(20-11-16)22-17-12-21-7-5-14(17)6-8-21;1-13-4-2-3-5-16(13)15-10-19-18(20-11-15)22-17-12-21-8-6-14(17)7-9-21/h2-4,9-11,14,17H,5-8,12H2,1H3;2-5,10-11,14,17H,6-9,12H2,1H3/t17-;/m0./s1. The Morgan fingerprint density at radius 2 is 1.11 bits per heavy atom. The molecule has 4 aromatic rings. The van der Waals surface area contributed by atoms with Crippen molar-refractivity contribution in [2.45, 2.75) is 51.7 Å². The predicted molar refractivity (Wildman–Crippen MR) is 172 cm³/mol. The van der Waals surface area contributed by atoms with E-state index in [1.165, 1.54) is 68.6 Å². The molecule has 6 fully saturated rings. The third-order valence-electron chi connectivity index (χ3n) is 9.77. The fourth-order valence-corrected chi connectivity index (χ4v) is 7.12. The number of hydrogen-bond donors (Lipinski definition) is 0. The van der Waals surface area contributed by atoms with Crippen molar-refractivity contribution < 1.29 is 9.47 Å². The lowest BCUT2D eigenvalue weighted by molar-refractivity contribution is -0.0124. The Hall–Kier alpha value is -3.88. The van der Waals surface area contributed by atoms with E-state index in [0.29, 0.717) is 23.9 Å². The van der Waals surface area contributed by atoms with Crippen LogP contribution < -0.4 is 9.47 Å². The molecule has 0 radical (unpaired) electrons. The number of aromatic nitrogens is 4. The molecule has 0 amide bonds. The molecule has 8 nitrogen and oxygen atoms in total. The summed E-state index contributed by atoms with van der Waals surface area (Å²) in [4.78, 5) is 22.6. The van der Waals surface area contributed by atoms with Gasteiger partial charge in [0.2, 0.25) is 0 Å². The number of fused-ring (bicyclic) bond motifs is 6. The summed E-state index contributed by atoms with van der Waals surface area (Å²) in [6.07, 6.45) is 12.9. The summed E-state index contributed by atoms with van der Waals surface area (Å²) in [5, 5.41) is 0. The summed E-state index contributed by atoms with van der Waals surface area (Å²) in [5.41, 5.74) is 6.87. The van der Waals surface area contributed by atoms with Gasteiger partial charge in [-0.15, -0.1) is 0 Å². The number of benzene rings is 2. The van der Waals surface area contributed by atoms with Crippen LogP contribution in [0, 0.1) is 25.7 Å². The van der Waals surface area contributed by atoms with Gasteiger partial charge in [-0.1, -0.05) is 54.1 Å². The lowest BCUT2D eigenvalue weighted by Gasteiger charge is -2.43. The molecular weight excluding hydrogens is 548 g/mol. The largest absolute Gasteiger partial charge is 0.458 e. The average Bonchev–Trinajstić information content (AvgIpc) is 3.07. The van der Waals surface area contributed by atoms with Crippen molar-refractivity contribution in [2.75, 3.05) is 39.3 Å². The van der Waals surface area contributed by atoms with E-state index < -0.39 is 0 Å². The fourth-order valence-electron chi connectivity index (χ4n) is 7.12. The molecular formula is C36H42N6O2. The van der Waals surface area contributed by atoms with Gasteiger partial charge in [-0.25, -0.2) is 19.9 Å². The Balaban J connectivity index is 0.000000142. The molecule has 2 atom stereocenters. The van der Waals surface area contributed by atoms with Gasteiger partial charge in [0.1, 0.15) is 12.2 Å². The highest BCUT2D eigenvalue weighted by Crippen LogP contribution is 2.31. The summed E-state index contributed by atoms with van der Waals surface area (Å²) in [6.45, 7) is 11.1. The molecule has 0 saturated carbocycles. The number of piperidine rings is 6. The molecule has 4 bridgehead atoms. The Morgan fingerprint density at radius 1 is 0.591 bits per heavy atom. The minimum atomic E-state index is 0.256. The summed E-state index contributed by atoms with van der Waals surface area (Å²) in [7, 11) is 0. The number of aryl methyl sites for hydroxylation is 2. The van der Waals surface area contributed by atoms with Crippen molar-refractivity contribution in [1.29, 1.82) is 0 Å². The van der Waals surface area contributed by atoms with Crippen LogP contribution in [-0.2, 0) is 0 Å². The van der Waals surface area contributed by atoms with Gasteiger partial charge in [0.15, 0.2) is 0 Å². The third-order valence-corrected chi connectivity index (χ3v) is 9.77. The molecule has 10 rings (SSSR count). The first-order valence-electron chi connectivity index (χ1n) is 16.1. The van der Waals surface area contributed by atoms with Gasteiger partial charge >= 0.3 is 12.0 Å². The molecule has 6 aliphatic heterocycles. The molecule has 0 N–H and O–H groups in total. The van der Waals surface area contributed by atoms with Crippen LogP contribution in [0.25, 0.3) is 22.3 Å². The zero-order valence-electron chi connectivity index (χ0n) is 25.8. The van der Waals surface area contributed by atoms with Crippen LogP contribution in [-0.4, -0.2) is 81.2 Å².